The zero-order chi connectivity index (χ0) is 11.5. The van der Waals surface area contributed by atoms with Crippen molar-refractivity contribution in [1.82, 2.24) is 0 Å². The molecule has 0 aromatic heterocycles. The quantitative estimate of drug-likeness (QED) is 0.679. The van der Waals surface area contributed by atoms with Crippen molar-refractivity contribution in [3.63, 3.8) is 0 Å². The Hall–Kier alpha value is -1.31. The highest BCUT2D eigenvalue weighted by Gasteiger charge is 2.07. The molecule has 0 amide bonds. The molecule has 0 radical (unpaired) electrons. The van der Waals surface area contributed by atoms with Crippen molar-refractivity contribution < 1.29 is 4.74 Å². The van der Waals surface area contributed by atoms with E-state index in [1.807, 2.05) is 18.3 Å². The van der Waals surface area contributed by atoms with Gasteiger partial charge in [0, 0.05) is 11.8 Å². The smallest absolute Gasteiger partial charge is 0.127 e. The van der Waals surface area contributed by atoms with Crippen LogP contribution >= 0.6 is 0 Å². The average Bonchev–Trinajstić information content (AvgIpc) is 2.14. The molecule has 2 nitrogen and oxygen atoms in total. The van der Waals surface area contributed by atoms with Crippen LogP contribution in [0.1, 0.15) is 31.9 Å². The summed E-state index contributed by atoms with van der Waals surface area (Å²) in [5, 5.41) is 0. The van der Waals surface area contributed by atoms with Gasteiger partial charge in [0.15, 0.2) is 0 Å². The second-order valence-corrected chi connectivity index (χ2v) is 4.62. The Labute approximate surface area is 92.0 Å². The lowest BCUT2D eigenvalue weighted by Crippen LogP contribution is -2.10. The maximum Gasteiger partial charge on any atom is 0.127 e. The minimum Gasteiger partial charge on any atom is -0.496 e. The van der Waals surface area contributed by atoms with Crippen LogP contribution in [-0.2, 0) is 0 Å². The lowest BCUT2D eigenvalue weighted by atomic mass is 10.1. The summed E-state index contributed by atoms with van der Waals surface area (Å²) in [7, 11) is 1.68. The van der Waals surface area contributed by atoms with Crippen LogP contribution in [0.5, 0.6) is 5.75 Å². The van der Waals surface area contributed by atoms with Gasteiger partial charge >= 0.3 is 0 Å². The molecule has 0 unspecified atom stereocenters. The SMILES string of the molecule is COc1cccc(C)c1/C=N/C(C)(C)C. The molecule has 0 aliphatic heterocycles. The van der Waals surface area contributed by atoms with E-state index in [2.05, 4.69) is 38.8 Å². The molecule has 0 aliphatic rings. The van der Waals surface area contributed by atoms with Crippen LogP contribution in [0.15, 0.2) is 23.2 Å². The van der Waals surface area contributed by atoms with Gasteiger partial charge in [-0.05, 0) is 39.3 Å². The predicted octanol–water partition coefficient (Wildman–Crippen LogP) is 3.22. The van der Waals surface area contributed by atoms with Crippen LogP contribution in [0.4, 0.5) is 0 Å². The van der Waals surface area contributed by atoms with Gasteiger partial charge in [0.2, 0.25) is 0 Å². The molecule has 82 valence electrons. The van der Waals surface area contributed by atoms with Crippen LogP contribution in [-0.4, -0.2) is 18.9 Å². The maximum atomic E-state index is 5.30. The Bertz CT molecular complexity index is 361. The van der Waals surface area contributed by atoms with Crippen LogP contribution < -0.4 is 4.74 Å². The van der Waals surface area contributed by atoms with E-state index in [1.165, 1.54) is 5.56 Å². The highest BCUT2D eigenvalue weighted by atomic mass is 16.5. The molecule has 1 rings (SSSR count). The van der Waals surface area contributed by atoms with E-state index in [-0.39, 0.29) is 5.54 Å². The van der Waals surface area contributed by atoms with Crippen molar-refractivity contribution >= 4 is 6.21 Å². The van der Waals surface area contributed by atoms with Gasteiger partial charge in [-0.25, -0.2) is 0 Å². The number of ether oxygens (including phenoxy) is 1. The molecular formula is C13H19NO. The van der Waals surface area contributed by atoms with Crippen molar-refractivity contribution in [1.29, 1.82) is 0 Å². The Morgan fingerprint density at radius 2 is 1.93 bits per heavy atom. The lowest BCUT2D eigenvalue weighted by Gasteiger charge is -2.13. The minimum absolute atomic E-state index is 0.0483. The number of aryl methyl sites for hydroxylation is 1. The van der Waals surface area contributed by atoms with Gasteiger partial charge in [-0.15, -0.1) is 0 Å². The monoisotopic (exact) mass is 205 g/mol. The van der Waals surface area contributed by atoms with Crippen LogP contribution in [0.3, 0.4) is 0 Å². The molecule has 1 aromatic rings. The van der Waals surface area contributed by atoms with Crippen molar-refractivity contribution in [3.8, 4) is 5.75 Å². The van der Waals surface area contributed by atoms with E-state index < -0.39 is 0 Å². The van der Waals surface area contributed by atoms with Gasteiger partial charge in [-0.1, -0.05) is 12.1 Å². The van der Waals surface area contributed by atoms with Gasteiger partial charge in [-0.3, -0.25) is 4.99 Å². The summed E-state index contributed by atoms with van der Waals surface area (Å²) in [6.45, 7) is 8.29. The van der Waals surface area contributed by atoms with Gasteiger partial charge in [-0.2, -0.15) is 0 Å². The molecular weight excluding hydrogens is 186 g/mol. The molecule has 0 saturated carbocycles. The van der Waals surface area contributed by atoms with Crippen molar-refractivity contribution in [2.75, 3.05) is 7.11 Å². The first-order chi connectivity index (χ1) is 6.94. The normalized spacial score (nSPS) is 12.1. The highest BCUT2D eigenvalue weighted by Crippen LogP contribution is 2.20. The highest BCUT2D eigenvalue weighted by molar-refractivity contribution is 5.85. The molecule has 2 heteroatoms. The molecule has 15 heavy (non-hydrogen) atoms. The number of rotatable bonds is 2. The average molecular weight is 205 g/mol. The number of methoxy groups -OCH3 is 1. The van der Waals surface area contributed by atoms with Gasteiger partial charge in [0.25, 0.3) is 0 Å². The van der Waals surface area contributed by atoms with Crippen LogP contribution in [0.25, 0.3) is 0 Å². The second kappa shape index (κ2) is 4.47. The predicted molar refractivity (Wildman–Crippen MR) is 65.1 cm³/mol. The first kappa shape index (κ1) is 11.8. The molecule has 0 N–H and O–H groups in total. The fraction of sp³-hybridized carbons (Fsp3) is 0.462. The fourth-order valence-electron chi connectivity index (χ4n) is 1.26. The number of hydrogen-bond acceptors (Lipinski definition) is 2. The van der Waals surface area contributed by atoms with Crippen molar-refractivity contribution in [2.45, 2.75) is 33.2 Å². The summed E-state index contributed by atoms with van der Waals surface area (Å²) >= 11 is 0. The van der Waals surface area contributed by atoms with Crippen molar-refractivity contribution in [2.24, 2.45) is 4.99 Å². The molecule has 1 aromatic carbocycles. The van der Waals surface area contributed by atoms with Crippen LogP contribution in [0, 0.1) is 6.92 Å². The van der Waals surface area contributed by atoms with Crippen molar-refractivity contribution in [3.05, 3.63) is 29.3 Å². The lowest BCUT2D eigenvalue weighted by molar-refractivity contribution is 0.413. The summed E-state index contributed by atoms with van der Waals surface area (Å²) in [6, 6.07) is 6.01. The van der Waals surface area contributed by atoms with Crippen LogP contribution in [0.2, 0.25) is 0 Å². The number of benzene rings is 1. The zero-order valence-electron chi connectivity index (χ0n) is 10.2. The Kier molecular flexibility index (Phi) is 3.51. The molecule has 0 spiro atoms. The van der Waals surface area contributed by atoms with E-state index in [4.69, 9.17) is 4.74 Å². The Morgan fingerprint density at radius 1 is 1.27 bits per heavy atom. The third kappa shape index (κ3) is 3.39. The summed E-state index contributed by atoms with van der Waals surface area (Å²) < 4.78 is 5.30. The van der Waals surface area contributed by atoms with E-state index in [9.17, 15) is 0 Å². The maximum absolute atomic E-state index is 5.30. The summed E-state index contributed by atoms with van der Waals surface area (Å²) in [5.74, 6) is 0.878. The standard InChI is InChI=1S/C13H19NO/c1-10-7-6-8-12(15-5)11(10)9-14-13(2,3)4/h6-9H,1-5H3/b14-9+. The number of aliphatic imine (C=N–C) groups is 1. The largest absolute Gasteiger partial charge is 0.496 e. The second-order valence-electron chi connectivity index (χ2n) is 4.62. The number of nitrogens with zero attached hydrogens (tertiary/aromatic N) is 1. The summed E-state index contributed by atoms with van der Waals surface area (Å²) in [5.41, 5.74) is 2.20. The van der Waals surface area contributed by atoms with Gasteiger partial charge in [0.05, 0.1) is 12.6 Å². The molecule has 0 saturated heterocycles. The third-order valence-corrected chi connectivity index (χ3v) is 2.08. The zero-order valence-corrected chi connectivity index (χ0v) is 10.2. The Morgan fingerprint density at radius 3 is 2.47 bits per heavy atom. The molecule has 0 bridgehead atoms. The molecule has 0 atom stereocenters. The van der Waals surface area contributed by atoms with E-state index in [0.717, 1.165) is 11.3 Å². The molecule has 0 fully saturated rings. The fourth-order valence-corrected chi connectivity index (χ4v) is 1.26. The summed E-state index contributed by atoms with van der Waals surface area (Å²) in [4.78, 5) is 4.49. The first-order valence-corrected chi connectivity index (χ1v) is 5.13. The van der Waals surface area contributed by atoms with E-state index >= 15 is 0 Å². The van der Waals surface area contributed by atoms with E-state index in [1.54, 1.807) is 7.11 Å². The molecule has 0 aliphatic carbocycles. The first-order valence-electron chi connectivity index (χ1n) is 5.13. The van der Waals surface area contributed by atoms with Gasteiger partial charge < -0.3 is 4.74 Å². The minimum atomic E-state index is -0.0483. The molecule has 0 heterocycles. The van der Waals surface area contributed by atoms with E-state index in [0.29, 0.717) is 0 Å². The Balaban J connectivity index is 3.08. The number of hydrogen-bond donors (Lipinski definition) is 0. The summed E-state index contributed by atoms with van der Waals surface area (Å²) in [6.07, 6.45) is 1.90. The third-order valence-electron chi connectivity index (χ3n) is 2.08. The van der Waals surface area contributed by atoms with Gasteiger partial charge in [0.1, 0.15) is 5.75 Å². The topological polar surface area (TPSA) is 21.6 Å².